The third-order valence-electron chi connectivity index (χ3n) is 3.70. The van der Waals surface area contributed by atoms with Gasteiger partial charge in [0, 0.05) is 6.07 Å². The summed E-state index contributed by atoms with van der Waals surface area (Å²) in [5.74, 6) is -1.55. The molecule has 3 aromatic rings. The van der Waals surface area contributed by atoms with Gasteiger partial charge >= 0.3 is 17.6 Å². The number of nitrogens with zero attached hydrogens (tertiary/aromatic N) is 2. The van der Waals surface area contributed by atoms with E-state index in [1.807, 2.05) is 0 Å². The lowest BCUT2D eigenvalue weighted by Crippen LogP contribution is -2.38. The van der Waals surface area contributed by atoms with E-state index in [1.165, 1.54) is 12.1 Å². The highest BCUT2D eigenvalue weighted by molar-refractivity contribution is 6.42. The smallest absolute Gasteiger partial charge is 0.406 e. The van der Waals surface area contributed by atoms with Gasteiger partial charge in [-0.2, -0.15) is 4.73 Å². The maximum atomic E-state index is 12.7. The van der Waals surface area contributed by atoms with Crippen LogP contribution < -0.4 is 4.73 Å². The number of carbonyl (C=O) groups excluding carboxylic acids is 2. The van der Waals surface area contributed by atoms with Gasteiger partial charge in [-0.25, -0.2) is 14.6 Å². The lowest BCUT2D eigenvalue weighted by molar-refractivity contribution is -0.581. The molecular formula is C18H12Cl2N2O5. The average molecular weight is 407 g/mol. The van der Waals surface area contributed by atoms with Crippen LogP contribution in [0.1, 0.15) is 26.5 Å². The molecule has 0 aliphatic rings. The number of carbonyl (C=O) groups is 2. The van der Waals surface area contributed by atoms with Crippen molar-refractivity contribution in [1.82, 2.24) is 4.98 Å². The predicted octanol–water partition coefficient (Wildman–Crippen LogP) is 3.32. The Balaban J connectivity index is 2.03. The summed E-state index contributed by atoms with van der Waals surface area (Å²) in [7, 11) is 1.13. The third kappa shape index (κ3) is 3.79. The molecule has 3 rings (SSSR count). The summed E-state index contributed by atoms with van der Waals surface area (Å²) in [6, 6.07) is 11.0. The fourth-order valence-electron chi connectivity index (χ4n) is 2.40. The summed E-state index contributed by atoms with van der Waals surface area (Å²) in [4.78, 5) is 28.4. The molecule has 138 valence electrons. The van der Waals surface area contributed by atoms with Gasteiger partial charge in [0.1, 0.15) is 12.1 Å². The van der Waals surface area contributed by atoms with Gasteiger partial charge in [-0.1, -0.05) is 41.4 Å². The third-order valence-corrected chi connectivity index (χ3v) is 4.42. The van der Waals surface area contributed by atoms with Crippen molar-refractivity contribution in [2.24, 2.45) is 0 Å². The number of hydrogen-bond acceptors (Lipinski definition) is 6. The minimum Gasteiger partial charge on any atom is -0.618 e. The van der Waals surface area contributed by atoms with E-state index in [0.29, 0.717) is 10.3 Å². The SMILES string of the molecule is COC(=O)c1c(COC(=O)c2ccccc2)nc2cc(Cl)c(Cl)cc2[n+]1[O-]. The molecule has 0 aliphatic carbocycles. The Bertz CT molecular complexity index is 1040. The molecule has 0 spiro atoms. The van der Waals surface area contributed by atoms with Crippen LogP contribution in [0.4, 0.5) is 0 Å². The Morgan fingerprint density at radius 2 is 1.78 bits per heavy atom. The van der Waals surface area contributed by atoms with Crippen LogP contribution >= 0.6 is 23.2 Å². The zero-order valence-electron chi connectivity index (χ0n) is 13.9. The number of esters is 2. The number of halogens is 2. The molecule has 0 bridgehead atoms. The van der Waals surface area contributed by atoms with Gasteiger partial charge in [-0.05, 0) is 18.2 Å². The number of hydrogen-bond donors (Lipinski definition) is 0. The van der Waals surface area contributed by atoms with Crippen LogP contribution in [0.5, 0.6) is 0 Å². The summed E-state index contributed by atoms with van der Waals surface area (Å²) in [5, 5.41) is 13.0. The molecule has 0 aliphatic heterocycles. The number of ether oxygens (including phenoxy) is 2. The van der Waals surface area contributed by atoms with Gasteiger partial charge in [0.25, 0.3) is 0 Å². The Kier molecular flexibility index (Phi) is 5.43. The molecule has 0 radical (unpaired) electrons. The number of aromatic nitrogens is 2. The molecule has 27 heavy (non-hydrogen) atoms. The molecule has 9 heteroatoms. The van der Waals surface area contributed by atoms with Crippen molar-refractivity contribution in [2.75, 3.05) is 7.11 Å². The van der Waals surface area contributed by atoms with Crippen molar-refractivity contribution in [3.05, 3.63) is 74.7 Å². The van der Waals surface area contributed by atoms with Crippen LogP contribution in [0.3, 0.4) is 0 Å². The maximum absolute atomic E-state index is 12.7. The van der Waals surface area contributed by atoms with E-state index in [2.05, 4.69) is 9.72 Å². The molecule has 0 saturated carbocycles. The van der Waals surface area contributed by atoms with Crippen molar-refractivity contribution in [3.63, 3.8) is 0 Å². The van der Waals surface area contributed by atoms with Crippen molar-refractivity contribution in [3.8, 4) is 0 Å². The quantitative estimate of drug-likeness (QED) is 0.374. The standard InChI is InChI=1S/C18H12Cl2N2O5/c1-26-18(24)16-14(9-27-17(23)10-5-3-2-4-6-10)21-13-7-11(19)12(20)8-15(13)22(16)25/h2-8H,9H2,1H3. The predicted molar refractivity (Wildman–Crippen MR) is 97.6 cm³/mol. The Hall–Kier alpha value is -2.90. The average Bonchev–Trinajstić information content (AvgIpc) is 2.68. The van der Waals surface area contributed by atoms with Crippen molar-refractivity contribution in [2.45, 2.75) is 6.61 Å². The molecule has 1 aromatic heterocycles. The molecule has 0 atom stereocenters. The van der Waals surface area contributed by atoms with Gasteiger partial charge in [-0.3, -0.25) is 0 Å². The van der Waals surface area contributed by atoms with Crippen molar-refractivity contribution in [1.29, 1.82) is 0 Å². The molecule has 0 amide bonds. The molecular weight excluding hydrogens is 395 g/mol. The maximum Gasteiger partial charge on any atom is 0.406 e. The second-order valence-corrected chi connectivity index (χ2v) is 6.20. The van der Waals surface area contributed by atoms with Gasteiger partial charge in [0.05, 0.1) is 22.7 Å². The fraction of sp³-hybridized carbons (Fsp3) is 0.111. The monoisotopic (exact) mass is 406 g/mol. The Morgan fingerprint density at radius 1 is 1.11 bits per heavy atom. The number of fused-ring (bicyclic) bond motifs is 1. The Morgan fingerprint density at radius 3 is 2.44 bits per heavy atom. The summed E-state index contributed by atoms with van der Waals surface area (Å²) in [6.07, 6.45) is 0. The van der Waals surface area contributed by atoms with E-state index in [0.717, 1.165) is 7.11 Å². The van der Waals surface area contributed by atoms with Crippen LogP contribution in [0.25, 0.3) is 11.0 Å². The topological polar surface area (TPSA) is 92.4 Å². The zero-order valence-corrected chi connectivity index (χ0v) is 15.5. The van der Waals surface area contributed by atoms with E-state index in [9.17, 15) is 14.8 Å². The number of rotatable bonds is 4. The van der Waals surface area contributed by atoms with Crippen LogP contribution in [-0.4, -0.2) is 24.0 Å². The summed E-state index contributed by atoms with van der Waals surface area (Å²) in [6.45, 7) is -0.406. The van der Waals surface area contributed by atoms with Crippen LogP contribution in [0, 0.1) is 5.21 Å². The minimum atomic E-state index is -0.920. The van der Waals surface area contributed by atoms with E-state index >= 15 is 0 Å². The molecule has 0 unspecified atom stereocenters. The van der Waals surface area contributed by atoms with E-state index in [-0.39, 0.29) is 26.8 Å². The summed E-state index contributed by atoms with van der Waals surface area (Å²) < 4.78 is 10.2. The van der Waals surface area contributed by atoms with Gasteiger partial charge in [-0.15, -0.1) is 0 Å². The summed E-state index contributed by atoms with van der Waals surface area (Å²) in [5.41, 5.74) is 0.0831. The second kappa shape index (κ2) is 7.77. The second-order valence-electron chi connectivity index (χ2n) is 5.39. The lowest BCUT2D eigenvalue weighted by Gasteiger charge is -2.11. The zero-order chi connectivity index (χ0) is 19.6. The van der Waals surface area contributed by atoms with Gasteiger partial charge < -0.3 is 14.7 Å². The first-order valence-corrected chi connectivity index (χ1v) is 8.39. The highest BCUT2D eigenvalue weighted by Gasteiger charge is 2.28. The molecule has 0 fully saturated rings. The lowest BCUT2D eigenvalue weighted by atomic mass is 10.2. The molecule has 7 nitrogen and oxygen atoms in total. The normalized spacial score (nSPS) is 10.6. The van der Waals surface area contributed by atoms with Gasteiger partial charge in [0.2, 0.25) is 5.52 Å². The van der Waals surface area contributed by atoms with Crippen LogP contribution in [0.2, 0.25) is 10.0 Å². The highest BCUT2D eigenvalue weighted by atomic mass is 35.5. The first-order chi connectivity index (χ1) is 12.9. The van der Waals surface area contributed by atoms with E-state index in [4.69, 9.17) is 27.9 Å². The Labute approximate surface area is 163 Å². The van der Waals surface area contributed by atoms with E-state index in [1.54, 1.807) is 30.3 Å². The molecule has 1 heterocycles. The first kappa shape index (κ1) is 18.9. The number of benzene rings is 2. The van der Waals surface area contributed by atoms with Gasteiger partial charge in [0.15, 0.2) is 5.69 Å². The highest BCUT2D eigenvalue weighted by Crippen LogP contribution is 2.26. The largest absolute Gasteiger partial charge is 0.618 e. The minimum absolute atomic E-state index is 0.0305. The van der Waals surface area contributed by atoms with E-state index < -0.39 is 24.2 Å². The van der Waals surface area contributed by atoms with Crippen molar-refractivity contribution < 1.29 is 23.8 Å². The van der Waals surface area contributed by atoms with Crippen LogP contribution in [-0.2, 0) is 16.1 Å². The first-order valence-electron chi connectivity index (χ1n) is 7.64. The summed E-state index contributed by atoms with van der Waals surface area (Å²) >= 11 is 11.9. The van der Waals surface area contributed by atoms with Crippen LogP contribution in [0.15, 0.2) is 42.5 Å². The fourth-order valence-corrected chi connectivity index (χ4v) is 2.72. The molecule has 0 N–H and O–H groups in total. The molecule has 0 saturated heterocycles. The number of methoxy groups -OCH3 is 1. The van der Waals surface area contributed by atoms with Crippen molar-refractivity contribution >= 4 is 46.2 Å². The molecule has 2 aromatic carbocycles.